The Labute approximate surface area is 104 Å². The molecule has 0 fully saturated rings. The first-order valence-corrected chi connectivity index (χ1v) is 6.01. The van der Waals surface area contributed by atoms with Crippen molar-refractivity contribution in [1.82, 2.24) is 4.98 Å². The van der Waals surface area contributed by atoms with Crippen molar-refractivity contribution in [2.45, 2.75) is 31.6 Å². The highest BCUT2D eigenvalue weighted by atomic mass is 19.3. The molecule has 5 heteroatoms. The van der Waals surface area contributed by atoms with Gasteiger partial charge in [0, 0.05) is 12.6 Å². The molecule has 0 saturated carbocycles. The zero-order chi connectivity index (χ0) is 13.0. The van der Waals surface area contributed by atoms with E-state index in [-0.39, 0.29) is 24.7 Å². The molecule has 98 valence electrons. The highest BCUT2D eigenvalue weighted by Crippen LogP contribution is 2.32. The van der Waals surface area contributed by atoms with E-state index in [9.17, 15) is 13.6 Å². The molecule has 18 heavy (non-hydrogen) atoms. The Hall–Kier alpha value is -1.36. The van der Waals surface area contributed by atoms with Gasteiger partial charge in [-0.1, -0.05) is 6.07 Å². The molecule has 1 aliphatic rings. The second-order valence-corrected chi connectivity index (χ2v) is 4.32. The van der Waals surface area contributed by atoms with Crippen LogP contribution in [0.15, 0.2) is 18.3 Å². The Morgan fingerprint density at radius 1 is 1.56 bits per heavy atom. The van der Waals surface area contributed by atoms with Gasteiger partial charge in [0.05, 0.1) is 18.2 Å². The van der Waals surface area contributed by atoms with Crippen LogP contribution in [0, 0.1) is 0 Å². The van der Waals surface area contributed by atoms with Gasteiger partial charge in [0.1, 0.15) is 12.4 Å². The minimum absolute atomic E-state index is 0.0294. The molecule has 0 amide bonds. The molecule has 0 N–H and O–H groups in total. The van der Waals surface area contributed by atoms with E-state index in [1.165, 1.54) is 0 Å². The van der Waals surface area contributed by atoms with Crippen LogP contribution in [-0.2, 0) is 16.0 Å². The predicted octanol–water partition coefficient (Wildman–Crippen LogP) is 2.35. The summed E-state index contributed by atoms with van der Waals surface area (Å²) in [7, 11) is 0. The van der Waals surface area contributed by atoms with Crippen LogP contribution in [0.2, 0.25) is 0 Å². The van der Waals surface area contributed by atoms with Gasteiger partial charge in [-0.2, -0.15) is 0 Å². The number of Topliss-reactive ketones (excluding diaryl/α,β-unsaturated/α-hetero) is 1. The number of aromatic nitrogens is 1. The van der Waals surface area contributed by atoms with Crippen LogP contribution in [0.5, 0.6) is 0 Å². The number of nitrogens with zero attached hydrogens (tertiary/aromatic N) is 1. The monoisotopic (exact) mass is 255 g/mol. The lowest BCUT2D eigenvalue weighted by Gasteiger charge is -2.09. The molecule has 0 bridgehead atoms. The van der Waals surface area contributed by atoms with E-state index < -0.39 is 13.0 Å². The second kappa shape index (κ2) is 6.00. The van der Waals surface area contributed by atoms with Crippen molar-refractivity contribution in [3.63, 3.8) is 0 Å². The van der Waals surface area contributed by atoms with Crippen molar-refractivity contribution < 1.29 is 18.3 Å². The number of alkyl halides is 2. The maximum absolute atomic E-state index is 11.9. The van der Waals surface area contributed by atoms with Crippen molar-refractivity contribution in [3.05, 3.63) is 29.6 Å². The number of fused-ring (bicyclic) bond motifs is 1. The molecule has 0 saturated heterocycles. The molecule has 0 aliphatic heterocycles. The van der Waals surface area contributed by atoms with Crippen LogP contribution in [-0.4, -0.2) is 30.4 Å². The van der Waals surface area contributed by atoms with Crippen molar-refractivity contribution in [3.8, 4) is 0 Å². The van der Waals surface area contributed by atoms with Crippen LogP contribution in [0.4, 0.5) is 8.78 Å². The van der Waals surface area contributed by atoms with E-state index in [1.807, 2.05) is 12.1 Å². The Morgan fingerprint density at radius 3 is 3.17 bits per heavy atom. The molecule has 1 unspecified atom stereocenters. The summed E-state index contributed by atoms with van der Waals surface area (Å²) in [5, 5.41) is 0. The number of rotatable bonds is 6. The van der Waals surface area contributed by atoms with Gasteiger partial charge in [-0.15, -0.1) is 0 Å². The smallest absolute Gasteiger partial charge is 0.261 e. The Morgan fingerprint density at radius 2 is 2.39 bits per heavy atom. The fourth-order valence-electron chi connectivity index (χ4n) is 2.25. The fraction of sp³-hybridized carbons (Fsp3) is 0.538. The number of hydrogen-bond acceptors (Lipinski definition) is 3. The quantitative estimate of drug-likeness (QED) is 0.732. The van der Waals surface area contributed by atoms with Crippen molar-refractivity contribution >= 4 is 5.78 Å². The standard InChI is InChI=1S/C13H15F2NO2/c14-12(15)8-18-7-5-11(17)10-4-3-9-2-1-6-16-13(9)10/h1-2,6,10,12H,3-5,7-8H2. The van der Waals surface area contributed by atoms with Crippen molar-refractivity contribution in [1.29, 1.82) is 0 Å². The van der Waals surface area contributed by atoms with Gasteiger partial charge in [-0.3, -0.25) is 9.78 Å². The van der Waals surface area contributed by atoms with E-state index in [4.69, 9.17) is 4.74 Å². The van der Waals surface area contributed by atoms with Gasteiger partial charge in [0.15, 0.2) is 0 Å². The minimum Gasteiger partial charge on any atom is -0.375 e. The topological polar surface area (TPSA) is 39.2 Å². The molecule has 1 heterocycles. The van der Waals surface area contributed by atoms with Crippen LogP contribution < -0.4 is 0 Å². The fourth-order valence-corrected chi connectivity index (χ4v) is 2.25. The third kappa shape index (κ3) is 3.10. The van der Waals surface area contributed by atoms with E-state index >= 15 is 0 Å². The first-order chi connectivity index (χ1) is 8.68. The third-order valence-electron chi connectivity index (χ3n) is 3.08. The maximum Gasteiger partial charge on any atom is 0.261 e. The normalized spacial score (nSPS) is 18.1. The van der Waals surface area contributed by atoms with Crippen LogP contribution >= 0.6 is 0 Å². The van der Waals surface area contributed by atoms with E-state index in [0.717, 1.165) is 24.1 Å². The largest absolute Gasteiger partial charge is 0.375 e. The molecule has 1 aromatic heterocycles. The molecule has 0 aromatic carbocycles. The number of hydrogen-bond donors (Lipinski definition) is 0. The molecule has 3 nitrogen and oxygen atoms in total. The molecule has 1 aromatic rings. The number of ketones is 1. The van der Waals surface area contributed by atoms with Gasteiger partial charge in [0.2, 0.25) is 0 Å². The second-order valence-electron chi connectivity index (χ2n) is 4.32. The molecule has 0 spiro atoms. The summed E-state index contributed by atoms with van der Waals surface area (Å²) in [6, 6.07) is 3.83. The van der Waals surface area contributed by atoms with Gasteiger partial charge in [-0.25, -0.2) is 8.78 Å². The summed E-state index contributed by atoms with van der Waals surface area (Å²) in [4.78, 5) is 16.2. The Kier molecular flexibility index (Phi) is 4.36. The minimum atomic E-state index is -2.48. The number of carbonyl (C=O) groups excluding carboxylic acids is 1. The van der Waals surface area contributed by atoms with E-state index in [0.29, 0.717) is 0 Å². The zero-order valence-electron chi connectivity index (χ0n) is 9.94. The summed E-state index contributed by atoms with van der Waals surface area (Å²) in [5.41, 5.74) is 1.96. The van der Waals surface area contributed by atoms with Gasteiger partial charge in [0.25, 0.3) is 6.43 Å². The van der Waals surface area contributed by atoms with Gasteiger partial charge in [-0.05, 0) is 24.5 Å². The number of ether oxygens (including phenoxy) is 1. The summed E-state index contributed by atoms with van der Waals surface area (Å²) < 4.78 is 28.4. The number of halogens is 2. The molecule has 1 aliphatic carbocycles. The lowest BCUT2D eigenvalue weighted by molar-refractivity contribution is -0.122. The predicted molar refractivity (Wildman–Crippen MR) is 61.7 cm³/mol. The number of carbonyl (C=O) groups is 1. The summed E-state index contributed by atoms with van der Waals surface area (Å²) in [5.74, 6) is -0.155. The Bertz CT molecular complexity index is 423. The van der Waals surface area contributed by atoms with E-state index in [1.54, 1.807) is 6.20 Å². The molecular formula is C13H15F2NO2. The number of pyridine rings is 1. The Balaban J connectivity index is 1.84. The summed E-state index contributed by atoms with van der Waals surface area (Å²) >= 11 is 0. The SMILES string of the molecule is O=C(CCOCC(F)F)C1CCc2cccnc21. The van der Waals surface area contributed by atoms with Gasteiger partial charge < -0.3 is 4.74 Å². The zero-order valence-corrected chi connectivity index (χ0v) is 9.94. The number of aryl methyl sites for hydroxylation is 1. The van der Waals surface area contributed by atoms with Crippen LogP contribution in [0.25, 0.3) is 0 Å². The molecule has 2 rings (SSSR count). The summed E-state index contributed by atoms with van der Waals surface area (Å²) in [6.45, 7) is -0.547. The first-order valence-electron chi connectivity index (χ1n) is 6.01. The average molecular weight is 255 g/mol. The van der Waals surface area contributed by atoms with Crippen molar-refractivity contribution in [2.75, 3.05) is 13.2 Å². The maximum atomic E-state index is 11.9. The highest BCUT2D eigenvalue weighted by Gasteiger charge is 2.29. The van der Waals surface area contributed by atoms with Gasteiger partial charge >= 0.3 is 0 Å². The highest BCUT2D eigenvalue weighted by molar-refractivity contribution is 5.86. The third-order valence-corrected chi connectivity index (χ3v) is 3.08. The van der Waals surface area contributed by atoms with E-state index in [2.05, 4.69) is 4.98 Å². The first kappa shape index (κ1) is 13.1. The molecular weight excluding hydrogens is 240 g/mol. The summed E-state index contributed by atoms with van der Waals surface area (Å²) in [6.07, 6.45) is 0.997. The lowest BCUT2D eigenvalue weighted by Crippen LogP contribution is -2.15. The van der Waals surface area contributed by atoms with Crippen LogP contribution in [0.3, 0.4) is 0 Å². The average Bonchev–Trinajstić information content (AvgIpc) is 2.78. The van der Waals surface area contributed by atoms with Crippen LogP contribution in [0.1, 0.15) is 30.0 Å². The molecule has 1 atom stereocenters. The van der Waals surface area contributed by atoms with Crippen molar-refractivity contribution in [2.24, 2.45) is 0 Å². The molecule has 0 radical (unpaired) electrons. The lowest BCUT2D eigenvalue weighted by atomic mass is 9.99.